The molecule has 8 nitrogen and oxygen atoms in total. The topological polar surface area (TPSA) is 97.0 Å². The fourth-order valence-electron chi connectivity index (χ4n) is 3.05. The monoisotopic (exact) mass is 409 g/mol. The van der Waals surface area contributed by atoms with Crippen molar-refractivity contribution in [1.29, 1.82) is 0 Å². The maximum Gasteiger partial charge on any atom is 0.251 e. The first-order chi connectivity index (χ1) is 14.5. The van der Waals surface area contributed by atoms with E-state index in [1.54, 1.807) is 37.4 Å². The van der Waals surface area contributed by atoms with Gasteiger partial charge in [-0.25, -0.2) is 0 Å². The molecule has 0 radical (unpaired) electrons. The molecule has 2 aromatic carbocycles. The molecule has 3 amide bonds. The predicted octanol–water partition coefficient (Wildman–Crippen LogP) is 1.70. The second kappa shape index (κ2) is 8.44. The molecule has 1 aliphatic carbocycles. The van der Waals surface area contributed by atoms with Gasteiger partial charge in [-0.15, -0.1) is 0 Å². The molecule has 1 aliphatic heterocycles. The van der Waals surface area contributed by atoms with E-state index >= 15 is 0 Å². The van der Waals surface area contributed by atoms with Crippen LogP contribution in [0.1, 0.15) is 39.1 Å². The molecule has 8 heteroatoms. The normalized spacial score (nSPS) is 14.2. The maximum absolute atomic E-state index is 12.4. The van der Waals surface area contributed by atoms with Crippen LogP contribution in [-0.2, 0) is 11.3 Å². The van der Waals surface area contributed by atoms with Gasteiger partial charge in [0.25, 0.3) is 11.8 Å². The Labute approximate surface area is 174 Å². The van der Waals surface area contributed by atoms with Crippen molar-refractivity contribution in [2.45, 2.75) is 25.4 Å². The van der Waals surface area contributed by atoms with Gasteiger partial charge in [-0.3, -0.25) is 14.4 Å². The van der Waals surface area contributed by atoms with E-state index in [1.165, 1.54) is 4.90 Å². The third-order valence-electron chi connectivity index (χ3n) is 5.01. The number of hydrogen-bond donors (Lipinski definition) is 2. The number of carbonyl (C=O) groups excluding carboxylic acids is 3. The molecule has 4 rings (SSSR count). The number of nitrogens with zero attached hydrogens (tertiary/aromatic N) is 1. The minimum absolute atomic E-state index is 0.0697. The van der Waals surface area contributed by atoms with E-state index in [9.17, 15) is 14.4 Å². The van der Waals surface area contributed by atoms with Crippen molar-refractivity contribution >= 4 is 17.7 Å². The first-order valence-electron chi connectivity index (χ1n) is 9.81. The molecular formula is C22H23N3O5. The average molecular weight is 409 g/mol. The Balaban J connectivity index is 1.26. The molecule has 0 saturated heterocycles. The number of likely N-dealkylation sites (N-methyl/N-ethyl adjacent to an activating group) is 1. The fraction of sp³-hybridized carbons (Fsp3) is 0.318. The van der Waals surface area contributed by atoms with Crippen LogP contribution in [0.2, 0.25) is 0 Å². The first kappa shape index (κ1) is 19.8. The summed E-state index contributed by atoms with van der Waals surface area (Å²) < 4.78 is 10.5. The number of benzene rings is 2. The van der Waals surface area contributed by atoms with Crippen molar-refractivity contribution in [2.75, 3.05) is 20.4 Å². The zero-order valence-corrected chi connectivity index (χ0v) is 16.6. The smallest absolute Gasteiger partial charge is 0.251 e. The van der Waals surface area contributed by atoms with Crippen LogP contribution in [0.4, 0.5) is 0 Å². The summed E-state index contributed by atoms with van der Waals surface area (Å²) in [5.41, 5.74) is 1.90. The van der Waals surface area contributed by atoms with Gasteiger partial charge in [0.2, 0.25) is 12.7 Å². The molecule has 1 saturated carbocycles. The Kier molecular flexibility index (Phi) is 5.56. The van der Waals surface area contributed by atoms with Gasteiger partial charge in [-0.2, -0.15) is 0 Å². The second-order valence-electron chi connectivity index (χ2n) is 7.45. The lowest BCUT2D eigenvalue weighted by Crippen LogP contribution is -2.37. The van der Waals surface area contributed by atoms with Gasteiger partial charge in [0.15, 0.2) is 11.5 Å². The van der Waals surface area contributed by atoms with Crippen LogP contribution in [0.3, 0.4) is 0 Å². The highest BCUT2D eigenvalue weighted by Gasteiger charge is 2.23. The van der Waals surface area contributed by atoms with Gasteiger partial charge in [0.05, 0.1) is 6.54 Å². The van der Waals surface area contributed by atoms with Gasteiger partial charge in [0.1, 0.15) is 0 Å². The van der Waals surface area contributed by atoms with E-state index in [1.807, 2.05) is 12.1 Å². The molecular weight excluding hydrogens is 386 g/mol. The van der Waals surface area contributed by atoms with E-state index in [0.717, 1.165) is 18.4 Å². The molecule has 30 heavy (non-hydrogen) atoms. The minimum atomic E-state index is -0.360. The van der Waals surface area contributed by atoms with Crippen LogP contribution in [0.5, 0.6) is 11.5 Å². The third kappa shape index (κ3) is 4.71. The molecule has 156 valence electrons. The predicted molar refractivity (Wildman–Crippen MR) is 108 cm³/mol. The Bertz CT molecular complexity index is 969. The zero-order chi connectivity index (χ0) is 21.1. The Morgan fingerprint density at radius 3 is 2.40 bits per heavy atom. The molecule has 1 fully saturated rings. The standard InChI is InChI=1S/C22H23N3O5/c1-25(12-14-2-4-15(5-3-14)22(28)24-17-7-8-17)20(26)11-23-21(27)16-6-9-18-19(10-16)30-13-29-18/h2-6,9-10,17H,7-8,11-13H2,1H3,(H,23,27)(H,24,28). The fourth-order valence-corrected chi connectivity index (χ4v) is 3.05. The van der Waals surface area contributed by atoms with Gasteiger partial charge in [0, 0.05) is 30.8 Å². The van der Waals surface area contributed by atoms with E-state index in [4.69, 9.17) is 9.47 Å². The van der Waals surface area contributed by atoms with Gasteiger partial charge >= 0.3 is 0 Å². The minimum Gasteiger partial charge on any atom is -0.454 e. The van der Waals surface area contributed by atoms with Crippen LogP contribution < -0.4 is 20.1 Å². The largest absolute Gasteiger partial charge is 0.454 e. The van der Waals surface area contributed by atoms with Crippen molar-refractivity contribution in [1.82, 2.24) is 15.5 Å². The van der Waals surface area contributed by atoms with Gasteiger partial charge in [-0.05, 0) is 48.7 Å². The highest BCUT2D eigenvalue weighted by molar-refractivity contribution is 5.97. The molecule has 0 atom stereocenters. The number of carbonyl (C=O) groups is 3. The number of nitrogens with one attached hydrogen (secondary N) is 2. The summed E-state index contributed by atoms with van der Waals surface area (Å²) in [6.07, 6.45) is 2.09. The summed E-state index contributed by atoms with van der Waals surface area (Å²) in [5, 5.41) is 5.57. The van der Waals surface area contributed by atoms with Crippen LogP contribution in [0.25, 0.3) is 0 Å². The lowest BCUT2D eigenvalue weighted by atomic mass is 10.1. The van der Waals surface area contributed by atoms with Crippen molar-refractivity contribution in [3.05, 3.63) is 59.2 Å². The molecule has 2 aliphatic rings. The summed E-state index contributed by atoms with van der Waals surface area (Å²) in [4.78, 5) is 38.2. The molecule has 2 aromatic rings. The van der Waals surface area contributed by atoms with Crippen LogP contribution in [0.15, 0.2) is 42.5 Å². The van der Waals surface area contributed by atoms with Gasteiger partial charge in [-0.1, -0.05) is 12.1 Å². The summed E-state index contributed by atoms with van der Waals surface area (Å²) in [6, 6.07) is 12.4. The first-order valence-corrected chi connectivity index (χ1v) is 9.81. The number of hydrogen-bond acceptors (Lipinski definition) is 5. The molecule has 0 bridgehead atoms. The average Bonchev–Trinajstić information content (AvgIpc) is 3.44. The van der Waals surface area contributed by atoms with Crippen molar-refractivity contribution in [3.8, 4) is 11.5 Å². The van der Waals surface area contributed by atoms with Crippen LogP contribution in [0, 0.1) is 0 Å². The summed E-state index contributed by atoms with van der Waals surface area (Å²) in [7, 11) is 1.67. The van der Waals surface area contributed by atoms with Crippen molar-refractivity contribution in [3.63, 3.8) is 0 Å². The summed E-state index contributed by atoms with van der Waals surface area (Å²) in [6.45, 7) is 0.394. The molecule has 2 N–H and O–H groups in total. The molecule has 1 heterocycles. The highest BCUT2D eigenvalue weighted by atomic mass is 16.7. The molecule has 0 spiro atoms. The SMILES string of the molecule is CN(Cc1ccc(C(=O)NC2CC2)cc1)C(=O)CNC(=O)c1ccc2c(c1)OCO2. The van der Waals surface area contributed by atoms with Gasteiger partial charge < -0.3 is 25.0 Å². The Morgan fingerprint density at radius 2 is 1.67 bits per heavy atom. The Hall–Kier alpha value is -3.55. The van der Waals surface area contributed by atoms with Crippen molar-refractivity contribution < 1.29 is 23.9 Å². The number of fused-ring (bicyclic) bond motifs is 1. The summed E-state index contributed by atoms with van der Waals surface area (Å²) in [5.74, 6) is 0.458. The maximum atomic E-state index is 12.4. The van der Waals surface area contributed by atoms with E-state index in [-0.39, 0.29) is 31.1 Å². The summed E-state index contributed by atoms with van der Waals surface area (Å²) >= 11 is 0. The lowest BCUT2D eigenvalue weighted by molar-refractivity contribution is -0.129. The second-order valence-corrected chi connectivity index (χ2v) is 7.45. The quantitative estimate of drug-likeness (QED) is 0.726. The van der Waals surface area contributed by atoms with Crippen LogP contribution in [-0.4, -0.2) is 49.0 Å². The molecule has 0 unspecified atom stereocenters. The number of amides is 3. The number of rotatable bonds is 7. The van der Waals surface area contributed by atoms with Crippen LogP contribution >= 0.6 is 0 Å². The zero-order valence-electron chi connectivity index (χ0n) is 16.6. The van der Waals surface area contributed by atoms with E-state index in [2.05, 4.69) is 10.6 Å². The number of ether oxygens (including phenoxy) is 2. The Morgan fingerprint density at radius 1 is 0.967 bits per heavy atom. The molecule has 0 aromatic heterocycles. The van der Waals surface area contributed by atoms with E-state index in [0.29, 0.717) is 35.2 Å². The van der Waals surface area contributed by atoms with Crippen molar-refractivity contribution in [2.24, 2.45) is 0 Å². The van der Waals surface area contributed by atoms with E-state index < -0.39 is 0 Å². The lowest BCUT2D eigenvalue weighted by Gasteiger charge is -2.18. The third-order valence-corrected chi connectivity index (χ3v) is 5.01. The highest BCUT2D eigenvalue weighted by Crippen LogP contribution is 2.32.